The monoisotopic (exact) mass is 320 g/mol. The maximum atomic E-state index is 12.0. The number of aryl methyl sites for hydroxylation is 1. The summed E-state index contributed by atoms with van der Waals surface area (Å²) < 4.78 is 2.48. The van der Waals surface area contributed by atoms with Gasteiger partial charge in [-0.1, -0.05) is 15.9 Å². The Labute approximate surface area is 119 Å². The zero-order valence-electron chi connectivity index (χ0n) is 10.4. The zero-order chi connectivity index (χ0) is 13.8. The van der Waals surface area contributed by atoms with Crippen LogP contribution in [0.1, 0.15) is 23.0 Å². The molecule has 2 rings (SSSR count). The van der Waals surface area contributed by atoms with Gasteiger partial charge in [-0.15, -0.1) is 0 Å². The van der Waals surface area contributed by atoms with Crippen LogP contribution in [0.3, 0.4) is 0 Å². The van der Waals surface area contributed by atoms with Gasteiger partial charge in [-0.05, 0) is 43.3 Å². The number of halogens is 1. The molecule has 0 saturated carbocycles. The summed E-state index contributed by atoms with van der Waals surface area (Å²) in [7, 11) is 0. The molecule has 0 aliphatic rings. The summed E-state index contributed by atoms with van der Waals surface area (Å²) in [5.74, 6) is -0.00465. The molecule has 0 spiro atoms. The molecule has 4 nitrogen and oxygen atoms in total. The predicted molar refractivity (Wildman–Crippen MR) is 77.1 cm³/mol. The quantitative estimate of drug-likeness (QED) is 0.694. The van der Waals surface area contributed by atoms with Crippen LogP contribution in [0.5, 0.6) is 5.75 Å². The highest BCUT2D eigenvalue weighted by Gasteiger charge is 2.08. The standard InChI is InChI=1S/C14H13BrN2O2/c1-2-17-12(7-8-16-17)14(19)5-3-10-9-11(15)4-6-13(10)18/h3-9,18H,2H2,1H3/b5-3-. The van der Waals surface area contributed by atoms with Crippen molar-refractivity contribution in [1.29, 1.82) is 0 Å². The number of carbonyl (C=O) groups is 1. The van der Waals surface area contributed by atoms with E-state index in [9.17, 15) is 9.90 Å². The third-order valence-electron chi connectivity index (χ3n) is 2.67. The number of hydrogen-bond donors (Lipinski definition) is 1. The van der Waals surface area contributed by atoms with Gasteiger partial charge >= 0.3 is 0 Å². The molecule has 98 valence electrons. The average Bonchev–Trinajstić information content (AvgIpc) is 2.88. The summed E-state index contributed by atoms with van der Waals surface area (Å²) in [5, 5.41) is 13.7. The first-order chi connectivity index (χ1) is 9.11. The lowest BCUT2D eigenvalue weighted by Gasteiger charge is -2.01. The summed E-state index contributed by atoms with van der Waals surface area (Å²) in [6.45, 7) is 2.57. The van der Waals surface area contributed by atoms with E-state index in [1.807, 2.05) is 6.92 Å². The Kier molecular flexibility index (Phi) is 4.16. The maximum absolute atomic E-state index is 12.0. The Morgan fingerprint density at radius 1 is 1.47 bits per heavy atom. The van der Waals surface area contributed by atoms with Gasteiger partial charge in [-0.2, -0.15) is 5.10 Å². The number of phenolic OH excluding ortho intramolecular Hbond substituents is 1. The topological polar surface area (TPSA) is 55.1 Å². The second-order valence-corrected chi connectivity index (χ2v) is 4.85. The third-order valence-corrected chi connectivity index (χ3v) is 3.17. The van der Waals surface area contributed by atoms with Crippen molar-refractivity contribution in [2.75, 3.05) is 0 Å². The first-order valence-corrected chi connectivity index (χ1v) is 6.64. The molecule has 1 aromatic carbocycles. The number of ketones is 1. The fraction of sp³-hybridized carbons (Fsp3) is 0.143. The largest absolute Gasteiger partial charge is 0.507 e. The van der Waals surface area contributed by atoms with Crippen molar-refractivity contribution < 1.29 is 9.90 Å². The molecule has 0 radical (unpaired) electrons. The lowest BCUT2D eigenvalue weighted by Crippen LogP contribution is -2.07. The minimum atomic E-state index is -0.140. The Hall–Kier alpha value is -1.88. The van der Waals surface area contributed by atoms with Crippen LogP contribution >= 0.6 is 15.9 Å². The van der Waals surface area contributed by atoms with Gasteiger partial charge in [0.25, 0.3) is 0 Å². The number of phenols is 1. The van der Waals surface area contributed by atoms with E-state index in [1.165, 1.54) is 6.08 Å². The predicted octanol–water partition coefficient (Wildman–Crippen LogP) is 3.27. The molecule has 1 aromatic heterocycles. The second kappa shape index (κ2) is 5.84. The van der Waals surface area contributed by atoms with E-state index >= 15 is 0 Å². The van der Waals surface area contributed by atoms with E-state index in [0.29, 0.717) is 17.8 Å². The fourth-order valence-corrected chi connectivity index (χ4v) is 2.08. The number of aromatic hydroxyl groups is 1. The molecule has 0 bridgehead atoms. The molecule has 0 amide bonds. The average molecular weight is 321 g/mol. The van der Waals surface area contributed by atoms with Gasteiger partial charge in [0.1, 0.15) is 11.4 Å². The molecule has 0 fully saturated rings. The number of hydrogen-bond acceptors (Lipinski definition) is 3. The smallest absolute Gasteiger partial charge is 0.203 e. The minimum absolute atomic E-state index is 0.135. The van der Waals surface area contributed by atoms with Crippen LogP contribution in [0.2, 0.25) is 0 Å². The molecule has 0 atom stereocenters. The van der Waals surface area contributed by atoms with E-state index in [2.05, 4.69) is 21.0 Å². The van der Waals surface area contributed by atoms with Gasteiger partial charge in [-0.25, -0.2) is 0 Å². The Morgan fingerprint density at radius 3 is 3.00 bits per heavy atom. The molecule has 1 N–H and O–H groups in total. The van der Waals surface area contributed by atoms with E-state index in [0.717, 1.165) is 4.47 Å². The highest BCUT2D eigenvalue weighted by Crippen LogP contribution is 2.23. The van der Waals surface area contributed by atoms with Crippen LogP contribution < -0.4 is 0 Å². The van der Waals surface area contributed by atoms with Crippen molar-refractivity contribution in [2.45, 2.75) is 13.5 Å². The van der Waals surface area contributed by atoms with E-state index in [4.69, 9.17) is 0 Å². The number of carbonyl (C=O) groups excluding carboxylic acids is 1. The number of rotatable bonds is 4. The van der Waals surface area contributed by atoms with Crippen molar-refractivity contribution >= 4 is 27.8 Å². The van der Waals surface area contributed by atoms with Gasteiger partial charge in [-0.3, -0.25) is 9.48 Å². The fourth-order valence-electron chi connectivity index (χ4n) is 1.70. The number of nitrogens with zero attached hydrogens (tertiary/aromatic N) is 2. The van der Waals surface area contributed by atoms with Crippen LogP contribution in [0.25, 0.3) is 6.08 Å². The van der Waals surface area contributed by atoms with Gasteiger partial charge in [0, 0.05) is 22.8 Å². The summed E-state index contributed by atoms with van der Waals surface area (Å²) in [5.41, 5.74) is 1.12. The molecule has 0 unspecified atom stereocenters. The van der Waals surface area contributed by atoms with Gasteiger partial charge < -0.3 is 5.11 Å². The zero-order valence-corrected chi connectivity index (χ0v) is 12.0. The summed E-state index contributed by atoms with van der Waals surface area (Å²) in [6.07, 6.45) is 4.63. The van der Waals surface area contributed by atoms with E-state index in [-0.39, 0.29) is 11.5 Å². The Balaban J connectivity index is 2.23. The lowest BCUT2D eigenvalue weighted by atomic mass is 10.1. The highest BCUT2D eigenvalue weighted by atomic mass is 79.9. The van der Waals surface area contributed by atoms with Crippen molar-refractivity contribution in [3.63, 3.8) is 0 Å². The molecule has 0 saturated heterocycles. The van der Waals surface area contributed by atoms with Crippen molar-refractivity contribution in [3.8, 4) is 5.75 Å². The summed E-state index contributed by atoms with van der Waals surface area (Å²) >= 11 is 3.32. The van der Waals surface area contributed by atoms with Crippen LogP contribution in [0, 0.1) is 0 Å². The lowest BCUT2D eigenvalue weighted by molar-refractivity contribution is 0.103. The van der Waals surface area contributed by atoms with Crippen molar-refractivity contribution in [2.24, 2.45) is 0 Å². The number of allylic oxidation sites excluding steroid dienone is 1. The molecule has 1 heterocycles. The Morgan fingerprint density at radius 2 is 2.26 bits per heavy atom. The van der Waals surface area contributed by atoms with Gasteiger partial charge in [0.2, 0.25) is 5.78 Å². The van der Waals surface area contributed by atoms with Crippen molar-refractivity contribution in [1.82, 2.24) is 9.78 Å². The maximum Gasteiger partial charge on any atom is 0.203 e. The molecule has 0 aliphatic heterocycles. The van der Waals surface area contributed by atoms with Crippen LogP contribution in [-0.4, -0.2) is 20.7 Å². The molecular formula is C14H13BrN2O2. The molecule has 5 heteroatoms. The van der Waals surface area contributed by atoms with Gasteiger partial charge in [0.15, 0.2) is 0 Å². The normalized spacial score (nSPS) is 11.1. The van der Waals surface area contributed by atoms with Crippen LogP contribution in [0.15, 0.2) is 41.0 Å². The second-order valence-electron chi connectivity index (χ2n) is 3.93. The van der Waals surface area contributed by atoms with E-state index < -0.39 is 0 Å². The molecule has 19 heavy (non-hydrogen) atoms. The van der Waals surface area contributed by atoms with Crippen LogP contribution in [-0.2, 0) is 6.54 Å². The number of benzene rings is 1. The SMILES string of the molecule is CCn1nccc1C(=O)/C=C\c1cc(Br)ccc1O. The van der Waals surface area contributed by atoms with Crippen molar-refractivity contribution in [3.05, 3.63) is 52.3 Å². The minimum Gasteiger partial charge on any atom is -0.507 e. The number of aromatic nitrogens is 2. The van der Waals surface area contributed by atoms with Gasteiger partial charge in [0.05, 0.1) is 0 Å². The van der Waals surface area contributed by atoms with E-state index in [1.54, 1.807) is 41.2 Å². The molecular weight excluding hydrogens is 308 g/mol. The van der Waals surface area contributed by atoms with Crippen LogP contribution in [0.4, 0.5) is 0 Å². The summed E-state index contributed by atoms with van der Waals surface area (Å²) in [4.78, 5) is 12.0. The first kappa shape index (κ1) is 13.5. The molecule has 2 aromatic rings. The third kappa shape index (κ3) is 3.12. The molecule has 0 aliphatic carbocycles. The summed E-state index contributed by atoms with van der Waals surface area (Å²) in [6, 6.07) is 6.73. The Bertz CT molecular complexity index is 632. The highest BCUT2D eigenvalue weighted by molar-refractivity contribution is 9.10. The first-order valence-electron chi connectivity index (χ1n) is 5.84.